The maximum atomic E-state index is 12.7. The van der Waals surface area contributed by atoms with E-state index >= 15 is 0 Å². The van der Waals surface area contributed by atoms with Crippen LogP contribution in [0.3, 0.4) is 0 Å². The molecular formula is C15H26N2O4. The predicted octanol–water partition coefficient (Wildman–Crippen LogP) is 0.748. The summed E-state index contributed by atoms with van der Waals surface area (Å²) >= 11 is 0. The minimum Gasteiger partial charge on any atom is -0.481 e. The summed E-state index contributed by atoms with van der Waals surface area (Å²) < 4.78 is 5.28. The summed E-state index contributed by atoms with van der Waals surface area (Å²) in [5, 5.41) is 12.3. The number of carboxylic acids is 1. The Morgan fingerprint density at radius 3 is 2.52 bits per heavy atom. The molecule has 6 nitrogen and oxygen atoms in total. The summed E-state index contributed by atoms with van der Waals surface area (Å²) in [7, 11) is 0. The van der Waals surface area contributed by atoms with Crippen molar-refractivity contribution in [2.24, 2.45) is 22.5 Å². The lowest BCUT2D eigenvalue weighted by Gasteiger charge is -2.38. The minimum absolute atomic E-state index is 0.111. The summed E-state index contributed by atoms with van der Waals surface area (Å²) in [5.74, 6) is -0.430. The highest BCUT2D eigenvalue weighted by Gasteiger charge is 2.49. The average Bonchev–Trinajstić information content (AvgIpc) is 2.83. The van der Waals surface area contributed by atoms with Crippen LogP contribution in [0, 0.1) is 16.7 Å². The number of nitrogens with one attached hydrogen (secondary N) is 1. The molecule has 0 spiro atoms. The molecule has 1 heterocycles. The van der Waals surface area contributed by atoms with Crippen LogP contribution in [0.15, 0.2) is 0 Å². The van der Waals surface area contributed by atoms with E-state index in [1.165, 1.54) is 0 Å². The van der Waals surface area contributed by atoms with Crippen LogP contribution in [0.4, 0.5) is 0 Å². The van der Waals surface area contributed by atoms with Gasteiger partial charge in [-0.15, -0.1) is 0 Å². The van der Waals surface area contributed by atoms with E-state index in [4.69, 9.17) is 10.5 Å². The fraction of sp³-hybridized carbons (Fsp3) is 0.867. The van der Waals surface area contributed by atoms with Crippen LogP contribution in [0.2, 0.25) is 0 Å². The smallest absolute Gasteiger partial charge is 0.313 e. The zero-order chi connectivity index (χ0) is 15.7. The van der Waals surface area contributed by atoms with Gasteiger partial charge in [0.1, 0.15) is 5.41 Å². The molecule has 2 unspecified atom stereocenters. The van der Waals surface area contributed by atoms with Crippen molar-refractivity contribution in [2.75, 3.05) is 19.8 Å². The molecule has 120 valence electrons. The molecule has 1 aliphatic carbocycles. The maximum Gasteiger partial charge on any atom is 0.313 e. The number of hydrogen-bond donors (Lipinski definition) is 3. The van der Waals surface area contributed by atoms with Crippen molar-refractivity contribution in [3.8, 4) is 0 Å². The van der Waals surface area contributed by atoms with Crippen molar-refractivity contribution in [3.05, 3.63) is 0 Å². The van der Waals surface area contributed by atoms with E-state index in [0.717, 1.165) is 25.7 Å². The van der Waals surface area contributed by atoms with Crippen LogP contribution in [-0.2, 0) is 14.3 Å². The molecule has 1 saturated heterocycles. The van der Waals surface area contributed by atoms with Crippen molar-refractivity contribution in [1.82, 2.24) is 5.32 Å². The van der Waals surface area contributed by atoms with E-state index < -0.39 is 22.8 Å². The number of amides is 1. The van der Waals surface area contributed by atoms with Crippen molar-refractivity contribution in [1.29, 1.82) is 0 Å². The Morgan fingerprint density at radius 2 is 2.00 bits per heavy atom. The zero-order valence-corrected chi connectivity index (χ0v) is 12.9. The van der Waals surface area contributed by atoms with Gasteiger partial charge in [0, 0.05) is 6.54 Å². The fourth-order valence-corrected chi connectivity index (χ4v) is 3.23. The number of hydrogen-bond acceptors (Lipinski definition) is 4. The summed E-state index contributed by atoms with van der Waals surface area (Å²) in [4.78, 5) is 24.1. The molecule has 4 N–H and O–H groups in total. The third-order valence-electron chi connectivity index (χ3n) is 5.35. The number of rotatable bonds is 4. The number of carbonyl (C=O) groups is 2. The second kappa shape index (κ2) is 5.93. The molecule has 0 aromatic heterocycles. The van der Waals surface area contributed by atoms with Crippen molar-refractivity contribution >= 4 is 11.9 Å². The van der Waals surface area contributed by atoms with E-state index in [1.807, 2.05) is 0 Å². The molecule has 2 atom stereocenters. The molecule has 21 heavy (non-hydrogen) atoms. The van der Waals surface area contributed by atoms with Crippen LogP contribution < -0.4 is 11.1 Å². The van der Waals surface area contributed by atoms with Crippen LogP contribution in [0.5, 0.6) is 0 Å². The van der Waals surface area contributed by atoms with Crippen LogP contribution in [0.1, 0.15) is 39.5 Å². The second-order valence-electron chi connectivity index (χ2n) is 6.93. The molecule has 0 aromatic rings. The first-order valence-corrected chi connectivity index (χ1v) is 7.66. The summed E-state index contributed by atoms with van der Waals surface area (Å²) in [6, 6.07) is -0.495. The lowest BCUT2D eigenvalue weighted by Crippen LogP contribution is -2.56. The maximum absolute atomic E-state index is 12.7. The lowest BCUT2D eigenvalue weighted by molar-refractivity contribution is -0.149. The van der Waals surface area contributed by atoms with E-state index in [9.17, 15) is 14.7 Å². The van der Waals surface area contributed by atoms with Gasteiger partial charge in [-0.3, -0.25) is 9.59 Å². The fourth-order valence-electron chi connectivity index (χ4n) is 3.23. The molecule has 1 saturated carbocycles. The Labute approximate surface area is 125 Å². The van der Waals surface area contributed by atoms with E-state index in [0.29, 0.717) is 12.5 Å². The van der Waals surface area contributed by atoms with Crippen molar-refractivity contribution in [3.63, 3.8) is 0 Å². The largest absolute Gasteiger partial charge is 0.481 e. The van der Waals surface area contributed by atoms with Crippen molar-refractivity contribution < 1.29 is 19.4 Å². The molecule has 6 heteroatoms. The van der Waals surface area contributed by atoms with Gasteiger partial charge in [0.05, 0.1) is 24.7 Å². The Morgan fingerprint density at radius 1 is 1.38 bits per heavy atom. The van der Waals surface area contributed by atoms with Crippen molar-refractivity contribution in [2.45, 2.75) is 45.6 Å². The van der Waals surface area contributed by atoms with Crippen LogP contribution in [0.25, 0.3) is 0 Å². The van der Waals surface area contributed by atoms with E-state index in [-0.39, 0.29) is 19.1 Å². The standard InChI is InChI=1S/C15H26N2O4/c1-10-3-5-15(8-16,6-4-10)12(18)17-11-7-21-9-14(11,2)13(19)20/h10-11H,3-9,16H2,1-2H3,(H,17,18)(H,19,20). The highest BCUT2D eigenvalue weighted by atomic mass is 16.5. The average molecular weight is 298 g/mol. The Kier molecular flexibility index (Phi) is 4.58. The predicted molar refractivity (Wildman–Crippen MR) is 77.6 cm³/mol. The molecule has 2 aliphatic rings. The van der Waals surface area contributed by atoms with Crippen LogP contribution >= 0.6 is 0 Å². The first-order valence-electron chi connectivity index (χ1n) is 7.66. The molecule has 1 aliphatic heterocycles. The third-order valence-corrected chi connectivity index (χ3v) is 5.35. The molecule has 0 bridgehead atoms. The van der Waals surface area contributed by atoms with Gasteiger partial charge in [-0.05, 0) is 38.5 Å². The quantitative estimate of drug-likeness (QED) is 0.711. The lowest BCUT2D eigenvalue weighted by atomic mass is 9.70. The SMILES string of the molecule is CC1CCC(CN)(C(=O)NC2COCC2(C)C(=O)O)CC1. The van der Waals surface area contributed by atoms with Gasteiger partial charge in [0.25, 0.3) is 0 Å². The Balaban J connectivity index is 2.08. The third kappa shape index (κ3) is 2.92. The molecule has 1 amide bonds. The number of carboxylic acid groups (broad SMARTS) is 1. The molecular weight excluding hydrogens is 272 g/mol. The topological polar surface area (TPSA) is 102 Å². The highest BCUT2D eigenvalue weighted by molar-refractivity contribution is 5.85. The first-order chi connectivity index (χ1) is 9.84. The summed E-state index contributed by atoms with van der Waals surface area (Å²) in [6.45, 7) is 4.48. The molecule has 0 radical (unpaired) electrons. The van der Waals surface area contributed by atoms with Crippen LogP contribution in [-0.4, -0.2) is 42.8 Å². The Bertz CT molecular complexity index is 418. The monoisotopic (exact) mass is 298 g/mol. The normalized spacial score (nSPS) is 40.0. The number of aliphatic carboxylic acids is 1. The zero-order valence-electron chi connectivity index (χ0n) is 12.9. The first kappa shape index (κ1) is 16.2. The summed E-state index contributed by atoms with van der Waals surface area (Å²) in [5.41, 5.74) is 4.27. The molecule has 2 fully saturated rings. The second-order valence-corrected chi connectivity index (χ2v) is 6.93. The number of nitrogens with two attached hydrogens (primary N) is 1. The number of carbonyl (C=O) groups excluding carboxylic acids is 1. The molecule has 2 rings (SSSR count). The van der Waals surface area contributed by atoms with Gasteiger partial charge in [0.2, 0.25) is 5.91 Å². The Hall–Kier alpha value is -1.14. The van der Waals surface area contributed by atoms with Gasteiger partial charge in [-0.1, -0.05) is 6.92 Å². The van der Waals surface area contributed by atoms with Gasteiger partial charge in [-0.25, -0.2) is 0 Å². The summed E-state index contributed by atoms with van der Waals surface area (Å²) in [6.07, 6.45) is 3.52. The van der Waals surface area contributed by atoms with Gasteiger partial charge < -0.3 is 20.9 Å². The minimum atomic E-state index is -1.06. The van der Waals surface area contributed by atoms with Gasteiger partial charge >= 0.3 is 5.97 Å². The van der Waals surface area contributed by atoms with Gasteiger partial charge in [-0.2, -0.15) is 0 Å². The highest BCUT2D eigenvalue weighted by Crippen LogP contribution is 2.39. The number of ether oxygens (including phenoxy) is 1. The van der Waals surface area contributed by atoms with E-state index in [2.05, 4.69) is 12.2 Å². The van der Waals surface area contributed by atoms with Gasteiger partial charge in [0.15, 0.2) is 0 Å². The molecule has 0 aromatic carbocycles. The van der Waals surface area contributed by atoms with E-state index in [1.54, 1.807) is 6.92 Å².